The fourth-order valence-corrected chi connectivity index (χ4v) is 2.69. The number of rotatable bonds is 4. The lowest BCUT2D eigenvalue weighted by Crippen LogP contribution is -2.30. The minimum atomic E-state index is -4.37. The third-order valence-corrected chi connectivity index (χ3v) is 3.93. The van der Waals surface area contributed by atoms with E-state index in [4.69, 9.17) is 0 Å². The summed E-state index contributed by atoms with van der Waals surface area (Å²) in [6.07, 6.45) is -0.144. The summed E-state index contributed by atoms with van der Waals surface area (Å²) in [5, 5.41) is 11.0. The Labute approximate surface area is 125 Å². The smallest absolute Gasteiger partial charge is 0.334 e. The Morgan fingerprint density at radius 2 is 2.23 bits per heavy atom. The molecule has 1 aliphatic heterocycles. The molecule has 0 aliphatic carbocycles. The minimum Gasteiger partial charge on any atom is -0.334 e. The van der Waals surface area contributed by atoms with E-state index >= 15 is 0 Å². The maximum absolute atomic E-state index is 12.7. The van der Waals surface area contributed by atoms with Crippen LogP contribution in [0.25, 0.3) is 0 Å². The molecule has 0 bridgehead atoms. The molecular weight excluding hydrogens is 297 g/mol. The van der Waals surface area contributed by atoms with Crippen LogP contribution in [0.4, 0.5) is 13.2 Å². The first-order chi connectivity index (χ1) is 10.4. The first-order valence-corrected chi connectivity index (χ1v) is 7.11. The van der Waals surface area contributed by atoms with Crippen LogP contribution >= 0.6 is 0 Å². The molecule has 0 saturated carbocycles. The molecule has 0 unspecified atom stereocenters. The third-order valence-electron chi connectivity index (χ3n) is 3.93. The van der Waals surface area contributed by atoms with Gasteiger partial charge in [0.25, 0.3) is 0 Å². The highest BCUT2D eigenvalue weighted by Crippen LogP contribution is 2.30. The van der Waals surface area contributed by atoms with Crippen LogP contribution in [-0.2, 0) is 32.7 Å². The molecular formula is C13H17F3N6. The molecule has 3 heterocycles. The summed E-state index contributed by atoms with van der Waals surface area (Å²) < 4.78 is 41.3. The fraction of sp³-hybridized carbons (Fsp3) is 0.615. The van der Waals surface area contributed by atoms with E-state index in [9.17, 15) is 13.2 Å². The zero-order valence-corrected chi connectivity index (χ0v) is 12.1. The highest BCUT2D eigenvalue weighted by Gasteiger charge is 2.35. The second-order valence-electron chi connectivity index (χ2n) is 5.58. The van der Waals surface area contributed by atoms with E-state index < -0.39 is 11.9 Å². The molecule has 1 aliphatic rings. The number of hydrogen-bond donors (Lipinski definition) is 1. The Morgan fingerprint density at radius 1 is 1.41 bits per heavy atom. The van der Waals surface area contributed by atoms with Crippen molar-refractivity contribution in [2.24, 2.45) is 13.0 Å². The minimum absolute atomic E-state index is 0.295. The number of fused-ring (bicyclic) bond motifs is 1. The summed E-state index contributed by atoms with van der Waals surface area (Å²) in [5.74, 6) is 0.823. The van der Waals surface area contributed by atoms with Gasteiger partial charge in [-0.05, 0) is 12.3 Å². The van der Waals surface area contributed by atoms with Crippen molar-refractivity contribution in [3.63, 3.8) is 0 Å². The Hall–Kier alpha value is -1.90. The monoisotopic (exact) mass is 314 g/mol. The number of halogens is 3. The Kier molecular flexibility index (Phi) is 3.90. The van der Waals surface area contributed by atoms with Crippen LogP contribution in [0.15, 0.2) is 12.4 Å². The number of aryl methyl sites for hydroxylation is 2. The van der Waals surface area contributed by atoms with Gasteiger partial charge in [0.2, 0.25) is 0 Å². The number of imidazole rings is 1. The third kappa shape index (κ3) is 3.13. The number of aromatic nitrogens is 5. The summed E-state index contributed by atoms with van der Waals surface area (Å²) >= 11 is 0. The molecule has 0 amide bonds. The summed E-state index contributed by atoms with van der Waals surface area (Å²) in [4.78, 5) is 3.69. The predicted molar refractivity (Wildman–Crippen MR) is 71.7 cm³/mol. The van der Waals surface area contributed by atoms with Crippen molar-refractivity contribution < 1.29 is 13.2 Å². The summed E-state index contributed by atoms with van der Waals surface area (Å²) in [6, 6.07) is 0. The van der Waals surface area contributed by atoms with E-state index in [-0.39, 0.29) is 0 Å². The summed E-state index contributed by atoms with van der Waals surface area (Å²) in [5.41, 5.74) is 0.176. The van der Waals surface area contributed by atoms with Gasteiger partial charge in [-0.2, -0.15) is 13.2 Å². The van der Waals surface area contributed by atoms with Crippen LogP contribution < -0.4 is 5.32 Å². The van der Waals surface area contributed by atoms with Crippen LogP contribution in [0.5, 0.6) is 0 Å². The van der Waals surface area contributed by atoms with Gasteiger partial charge < -0.3 is 9.88 Å². The quantitative estimate of drug-likeness (QED) is 0.926. The lowest BCUT2D eigenvalue weighted by atomic mass is 9.99. The van der Waals surface area contributed by atoms with Crippen molar-refractivity contribution >= 4 is 0 Å². The van der Waals surface area contributed by atoms with Crippen molar-refractivity contribution in [2.45, 2.75) is 32.1 Å². The Bertz CT molecular complexity index is 644. The topological polar surface area (TPSA) is 60.6 Å². The molecule has 0 radical (unpaired) electrons. The lowest BCUT2D eigenvalue weighted by Gasteiger charge is -2.23. The molecule has 2 aromatic heterocycles. The molecule has 1 N–H and O–H groups in total. The van der Waals surface area contributed by atoms with Gasteiger partial charge in [0, 0.05) is 39.3 Å². The molecule has 1 atom stereocenters. The molecule has 0 spiro atoms. The predicted octanol–water partition coefficient (Wildman–Crippen LogP) is 1.38. The van der Waals surface area contributed by atoms with Gasteiger partial charge in [-0.1, -0.05) is 5.21 Å². The highest BCUT2D eigenvalue weighted by molar-refractivity contribution is 5.10. The van der Waals surface area contributed by atoms with Crippen LogP contribution in [0.1, 0.15) is 23.6 Å². The van der Waals surface area contributed by atoms with Gasteiger partial charge in [-0.25, -0.2) is 4.98 Å². The molecule has 3 rings (SSSR count). The van der Waals surface area contributed by atoms with Gasteiger partial charge in [0.15, 0.2) is 5.69 Å². The Morgan fingerprint density at radius 3 is 2.91 bits per heavy atom. The largest absolute Gasteiger partial charge is 0.434 e. The number of alkyl halides is 3. The van der Waals surface area contributed by atoms with Crippen LogP contribution in [0, 0.1) is 5.92 Å². The maximum Gasteiger partial charge on any atom is 0.434 e. The Balaban J connectivity index is 1.55. The van der Waals surface area contributed by atoms with E-state index in [0.717, 1.165) is 24.9 Å². The van der Waals surface area contributed by atoms with Crippen LogP contribution in [-0.4, -0.2) is 31.1 Å². The van der Waals surface area contributed by atoms with Crippen molar-refractivity contribution in [2.75, 3.05) is 6.54 Å². The maximum atomic E-state index is 12.7. The van der Waals surface area contributed by atoms with Crippen molar-refractivity contribution in [1.29, 1.82) is 0 Å². The molecule has 22 heavy (non-hydrogen) atoms. The van der Waals surface area contributed by atoms with E-state index in [2.05, 4.69) is 20.6 Å². The zero-order valence-electron chi connectivity index (χ0n) is 12.1. The van der Waals surface area contributed by atoms with Crippen molar-refractivity contribution in [1.82, 2.24) is 29.9 Å². The number of hydrogen-bond acceptors (Lipinski definition) is 4. The van der Waals surface area contributed by atoms with Gasteiger partial charge >= 0.3 is 6.18 Å². The molecule has 9 heteroatoms. The van der Waals surface area contributed by atoms with E-state index in [1.165, 1.54) is 0 Å². The summed E-state index contributed by atoms with van der Waals surface area (Å²) in [6.45, 7) is 1.95. The SMILES string of the molecule is Cn1nncc1CNC[C@H]1CCc2nc(C(F)(F)F)cn2C1. The average Bonchev–Trinajstić information content (AvgIpc) is 3.04. The number of nitrogens with zero attached hydrogens (tertiary/aromatic N) is 5. The second kappa shape index (κ2) is 5.71. The van der Waals surface area contributed by atoms with E-state index in [0.29, 0.717) is 31.3 Å². The highest BCUT2D eigenvalue weighted by atomic mass is 19.4. The molecule has 6 nitrogen and oxygen atoms in total. The van der Waals surface area contributed by atoms with E-state index in [1.807, 2.05) is 7.05 Å². The normalized spacial score (nSPS) is 18.5. The van der Waals surface area contributed by atoms with Crippen molar-refractivity contribution in [3.8, 4) is 0 Å². The van der Waals surface area contributed by atoms with Gasteiger partial charge in [0.1, 0.15) is 5.82 Å². The van der Waals surface area contributed by atoms with E-state index in [1.54, 1.807) is 15.4 Å². The molecule has 120 valence electrons. The van der Waals surface area contributed by atoms with Gasteiger partial charge in [0.05, 0.1) is 11.9 Å². The van der Waals surface area contributed by atoms with Crippen LogP contribution in [0.2, 0.25) is 0 Å². The van der Waals surface area contributed by atoms with Crippen LogP contribution in [0.3, 0.4) is 0 Å². The van der Waals surface area contributed by atoms with Gasteiger partial charge in [-0.3, -0.25) is 4.68 Å². The molecule has 0 saturated heterocycles. The average molecular weight is 314 g/mol. The zero-order chi connectivity index (χ0) is 15.7. The first kappa shape index (κ1) is 15.0. The second-order valence-corrected chi connectivity index (χ2v) is 5.58. The van der Waals surface area contributed by atoms with Crippen molar-refractivity contribution in [3.05, 3.63) is 29.6 Å². The first-order valence-electron chi connectivity index (χ1n) is 7.11. The standard InChI is InChI=1S/C13H17F3N6/c1-21-10(6-18-20-21)5-17-4-9-2-3-12-19-11(13(14,15)16)8-22(12)7-9/h6,8-9,17H,2-5,7H2,1H3/t9-/m1/s1. The fourth-order valence-electron chi connectivity index (χ4n) is 2.69. The summed E-state index contributed by atoms with van der Waals surface area (Å²) in [7, 11) is 1.82. The molecule has 0 aromatic carbocycles. The number of nitrogens with one attached hydrogen (secondary N) is 1. The van der Waals surface area contributed by atoms with Gasteiger partial charge in [-0.15, -0.1) is 5.10 Å². The lowest BCUT2D eigenvalue weighted by molar-refractivity contribution is -0.141. The molecule has 2 aromatic rings. The molecule has 0 fully saturated rings.